The highest BCUT2D eigenvalue weighted by atomic mass is 79.9. The zero-order valence-corrected chi connectivity index (χ0v) is 12.2. The molecule has 0 spiro atoms. The standard InChI is InChI=1S/C16H17BrO/c1-11(2)14-5-3-4-6-15(14)16(18)12-7-9-13(17)10-8-12/h3-11,16,18H,1-2H3/t16-/m1/s1. The highest BCUT2D eigenvalue weighted by Gasteiger charge is 2.15. The molecule has 2 aromatic carbocycles. The maximum absolute atomic E-state index is 10.5. The normalized spacial score (nSPS) is 12.7. The molecule has 0 fully saturated rings. The van der Waals surface area contributed by atoms with E-state index in [1.54, 1.807) is 0 Å². The number of rotatable bonds is 3. The smallest absolute Gasteiger partial charge is 0.104 e. The first-order chi connectivity index (χ1) is 8.59. The number of hydrogen-bond acceptors (Lipinski definition) is 1. The van der Waals surface area contributed by atoms with Crippen molar-refractivity contribution in [2.45, 2.75) is 25.9 Å². The van der Waals surface area contributed by atoms with Crippen molar-refractivity contribution in [1.82, 2.24) is 0 Å². The molecule has 0 heterocycles. The largest absolute Gasteiger partial charge is 0.384 e. The van der Waals surface area contributed by atoms with E-state index in [-0.39, 0.29) is 0 Å². The van der Waals surface area contributed by atoms with Crippen molar-refractivity contribution < 1.29 is 5.11 Å². The van der Waals surface area contributed by atoms with E-state index < -0.39 is 6.10 Å². The predicted molar refractivity (Wildman–Crippen MR) is 78.7 cm³/mol. The maximum atomic E-state index is 10.5. The van der Waals surface area contributed by atoms with Crippen LogP contribution >= 0.6 is 15.9 Å². The summed E-state index contributed by atoms with van der Waals surface area (Å²) in [6, 6.07) is 15.9. The third-order valence-corrected chi connectivity index (χ3v) is 3.63. The van der Waals surface area contributed by atoms with Gasteiger partial charge in [-0.15, -0.1) is 0 Å². The average Bonchev–Trinajstić information content (AvgIpc) is 2.39. The molecule has 2 heteroatoms. The molecule has 1 nitrogen and oxygen atoms in total. The van der Waals surface area contributed by atoms with Crippen LogP contribution in [0.15, 0.2) is 53.0 Å². The molecule has 0 saturated heterocycles. The number of aliphatic hydroxyl groups excluding tert-OH is 1. The van der Waals surface area contributed by atoms with Gasteiger partial charge in [-0.25, -0.2) is 0 Å². The Kier molecular flexibility index (Phi) is 4.20. The summed E-state index contributed by atoms with van der Waals surface area (Å²) in [5.74, 6) is 0.409. The second-order valence-electron chi connectivity index (χ2n) is 4.74. The summed E-state index contributed by atoms with van der Waals surface area (Å²) in [6.07, 6.45) is -0.559. The van der Waals surface area contributed by atoms with Crippen LogP contribution in [0.3, 0.4) is 0 Å². The first kappa shape index (κ1) is 13.3. The van der Waals surface area contributed by atoms with E-state index >= 15 is 0 Å². The second kappa shape index (κ2) is 5.68. The van der Waals surface area contributed by atoms with Gasteiger partial charge in [0.2, 0.25) is 0 Å². The van der Waals surface area contributed by atoms with Gasteiger partial charge in [-0.2, -0.15) is 0 Å². The van der Waals surface area contributed by atoms with Crippen molar-refractivity contribution >= 4 is 15.9 Å². The van der Waals surface area contributed by atoms with Crippen molar-refractivity contribution in [1.29, 1.82) is 0 Å². The summed E-state index contributed by atoms with van der Waals surface area (Å²) in [5, 5.41) is 10.5. The van der Waals surface area contributed by atoms with Crippen molar-refractivity contribution in [2.75, 3.05) is 0 Å². The lowest BCUT2D eigenvalue weighted by atomic mass is 9.91. The Hall–Kier alpha value is -1.12. The summed E-state index contributed by atoms with van der Waals surface area (Å²) in [6.45, 7) is 4.29. The minimum Gasteiger partial charge on any atom is -0.384 e. The van der Waals surface area contributed by atoms with E-state index in [0.29, 0.717) is 5.92 Å². The van der Waals surface area contributed by atoms with Gasteiger partial charge in [0, 0.05) is 4.47 Å². The molecular formula is C16H17BrO. The van der Waals surface area contributed by atoms with Crippen LogP contribution in [-0.4, -0.2) is 5.11 Å². The predicted octanol–water partition coefficient (Wildman–Crippen LogP) is 4.65. The third-order valence-electron chi connectivity index (χ3n) is 3.10. The molecule has 0 radical (unpaired) electrons. The molecule has 0 saturated carbocycles. The summed E-state index contributed by atoms with van der Waals surface area (Å²) in [7, 11) is 0. The Balaban J connectivity index is 2.39. The lowest BCUT2D eigenvalue weighted by molar-refractivity contribution is 0.219. The van der Waals surface area contributed by atoms with Gasteiger partial charge in [0.25, 0.3) is 0 Å². The summed E-state index contributed by atoms with van der Waals surface area (Å²) in [5.41, 5.74) is 3.12. The van der Waals surface area contributed by atoms with Crippen LogP contribution in [0.2, 0.25) is 0 Å². The third kappa shape index (κ3) is 2.82. The molecule has 0 aliphatic heterocycles. The van der Waals surface area contributed by atoms with Crippen molar-refractivity contribution in [2.24, 2.45) is 0 Å². The first-order valence-electron chi connectivity index (χ1n) is 6.12. The lowest BCUT2D eigenvalue weighted by Crippen LogP contribution is -2.04. The average molecular weight is 305 g/mol. The van der Waals surface area contributed by atoms with Crippen LogP contribution < -0.4 is 0 Å². The second-order valence-corrected chi connectivity index (χ2v) is 5.65. The molecule has 1 atom stereocenters. The van der Waals surface area contributed by atoms with Crippen LogP contribution in [-0.2, 0) is 0 Å². The van der Waals surface area contributed by atoms with E-state index in [4.69, 9.17) is 0 Å². The summed E-state index contributed by atoms with van der Waals surface area (Å²) >= 11 is 3.41. The topological polar surface area (TPSA) is 20.2 Å². The molecule has 0 aliphatic carbocycles. The number of benzene rings is 2. The van der Waals surface area contributed by atoms with E-state index in [1.165, 1.54) is 5.56 Å². The van der Waals surface area contributed by atoms with E-state index in [0.717, 1.165) is 15.6 Å². The molecule has 0 bridgehead atoms. The molecular weight excluding hydrogens is 288 g/mol. The highest BCUT2D eigenvalue weighted by molar-refractivity contribution is 9.10. The lowest BCUT2D eigenvalue weighted by Gasteiger charge is -2.18. The van der Waals surface area contributed by atoms with Crippen molar-refractivity contribution in [3.05, 3.63) is 69.7 Å². The van der Waals surface area contributed by atoms with E-state index in [9.17, 15) is 5.11 Å². The molecule has 18 heavy (non-hydrogen) atoms. The van der Waals surface area contributed by atoms with Crippen molar-refractivity contribution in [3.63, 3.8) is 0 Å². The van der Waals surface area contributed by atoms with Gasteiger partial charge in [0.15, 0.2) is 0 Å². The monoisotopic (exact) mass is 304 g/mol. The van der Waals surface area contributed by atoms with Gasteiger partial charge in [-0.1, -0.05) is 66.2 Å². The summed E-state index contributed by atoms with van der Waals surface area (Å²) in [4.78, 5) is 0. The van der Waals surface area contributed by atoms with Gasteiger partial charge in [-0.05, 0) is 34.7 Å². The fourth-order valence-electron chi connectivity index (χ4n) is 2.11. The van der Waals surface area contributed by atoms with E-state index in [1.807, 2.05) is 42.5 Å². The maximum Gasteiger partial charge on any atom is 0.104 e. The zero-order valence-electron chi connectivity index (χ0n) is 10.6. The minimum atomic E-state index is -0.559. The molecule has 94 valence electrons. The Bertz CT molecular complexity index is 517. The fourth-order valence-corrected chi connectivity index (χ4v) is 2.37. The van der Waals surface area contributed by atoms with Crippen LogP contribution in [0, 0.1) is 0 Å². The van der Waals surface area contributed by atoms with Gasteiger partial charge >= 0.3 is 0 Å². The Labute approximate surface area is 117 Å². The Morgan fingerprint density at radius 2 is 1.44 bits per heavy atom. The molecule has 0 aliphatic rings. The number of halogens is 1. The SMILES string of the molecule is CC(C)c1ccccc1[C@H](O)c1ccc(Br)cc1. The van der Waals surface area contributed by atoms with Gasteiger partial charge < -0.3 is 5.11 Å². The van der Waals surface area contributed by atoms with Crippen LogP contribution in [0.5, 0.6) is 0 Å². The molecule has 0 unspecified atom stereocenters. The molecule has 1 N–H and O–H groups in total. The first-order valence-corrected chi connectivity index (χ1v) is 6.91. The summed E-state index contributed by atoms with van der Waals surface area (Å²) < 4.78 is 1.02. The molecule has 0 aromatic heterocycles. The van der Waals surface area contributed by atoms with Crippen LogP contribution in [0.4, 0.5) is 0 Å². The Morgan fingerprint density at radius 3 is 2.00 bits per heavy atom. The van der Waals surface area contributed by atoms with Gasteiger partial charge in [-0.3, -0.25) is 0 Å². The minimum absolute atomic E-state index is 0.409. The molecule has 2 rings (SSSR count). The van der Waals surface area contributed by atoms with E-state index in [2.05, 4.69) is 35.8 Å². The van der Waals surface area contributed by atoms with Gasteiger partial charge in [0.1, 0.15) is 6.10 Å². The van der Waals surface area contributed by atoms with Crippen LogP contribution in [0.1, 0.15) is 42.6 Å². The molecule has 0 amide bonds. The zero-order chi connectivity index (χ0) is 13.1. The van der Waals surface area contributed by atoms with Crippen LogP contribution in [0.25, 0.3) is 0 Å². The molecule has 2 aromatic rings. The van der Waals surface area contributed by atoms with Gasteiger partial charge in [0.05, 0.1) is 0 Å². The Morgan fingerprint density at radius 1 is 0.889 bits per heavy atom. The highest BCUT2D eigenvalue weighted by Crippen LogP contribution is 2.29. The number of aliphatic hydroxyl groups is 1. The quantitative estimate of drug-likeness (QED) is 0.875. The fraction of sp³-hybridized carbons (Fsp3) is 0.250. The van der Waals surface area contributed by atoms with Crippen molar-refractivity contribution in [3.8, 4) is 0 Å². The number of hydrogen-bond donors (Lipinski definition) is 1.